The monoisotopic (exact) mass is 1030 g/mol. The van der Waals surface area contributed by atoms with Gasteiger partial charge in [-0.25, -0.2) is 4.98 Å². The fourth-order valence-corrected chi connectivity index (χ4v) is 13.7. The Morgan fingerprint density at radius 1 is 1.01 bits per heavy atom. The van der Waals surface area contributed by atoms with Crippen LogP contribution in [0.15, 0.2) is 65.2 Å². The lowest BCUT2D eigenvalue weighted by molar-refractivity contribution is -0.201. The van der Waals surface area contributed by atoms with Gasteiger partial charge in [0.1, 0.15) is 17.3 Å². The van der Waals surface area contributed by atoms with Crippen molar-refractivity contribution in [1.82, 2.24) is 29.8 Å². The van der Waals surface area contributed by atoms with Gasteiger partial charge < -0.3 is 51.1 Å². The van der Waals surface area contributed by atoms with E-state index in [9.17, 15) is 24.9 Å². The summed E-state index contributed by atoms with van der Waals surface area (Å²) in [7, 11) is 3.64. The van der Waals surface area contributed by atoms with Crippen molar-refractivity contribution in [1.29, 1.82) is 0 Å². The van der Waals surface area contributed by atoms with E-state index in [1.165, 1.54) is 18.4 Å². The highest BCUT2D eigenvalue weighted by Gasteiger charge is 2.78. The van der Waals surface area contributed by atoms with Gasteiger partial charge in [-0.3, -0.25) is 38.3 Å². The van der Waals surface area contributed by atoms with Crippen LogP contribution >= 0.6 is 0 Å². The Labute approximate surface area is 423 Å². The predicted molar refractivity (Wildman–Crippen MR) is 268 cm³/mol. The molecule has 11 N–H and O–H groups in total. The number of aromatic amines is 2. The fourth-order valence-electron chi connectivity index (χ4n) is 13.7. The number of ether oxygens (including phenoxy) is 2. The molecule has 0 radical (unpaired) electrons. The maximum absolute atomic E-state index is 15.2. The number of aromatic nitrogens is 3. The SMILES string of the molecule is CC[C@]1(O)C[C@H]2CN(CCc3c([nH]c4ccccc34)[C@@](C(=O)OC)(c3cc4c(cc3OC)N(C)[C@H]3[C@@](O)(C(N)=O)[C@H](O)[C@]5(CC)C=CCN6CC[C@]43[C@@H]65)C2)C1.CN(C)N=Nc1nc[nH]c1C(N)=O.O=S(=O)(O)O. The van der Waals surface area contributed by atoms with Gasteiger partial charge in [-0.15, -0.1) is 5.11 Å². The third kappa shape index (κ3) is 8.63. The largest absolute Gasteiger partial charge is 0.496 e. The minimum absolute atomic E-state index is 0.0790. The van der Waals surface area contributed by atoms with Crippen molar-refractivity contribution in [3.05, 3.63) is 83.0 Å². The molecule has 2 saturated heterocycles. The number of aliphatic hydroxyl groups is 3. The van der Waals surface area contributed by atoms with E-state index >= 15 is 4.79 Å². The summed E-state index contributed by atoms with van der Waals surface area (Å²) in [4.78, 5) is 56.4. The van der Waals surface area contributed by atoms with Crippen molar-refractivity contribution >= 4 is 50.6 Å². The molecule has 10 atom stereocenters. The second-order valence-corrected chi connectivity index (χ2v) is 21.3. The molecular formula is C49H67N11O12S. The molecule has 2 amide bonds. The number of nitrogens with zero attached hydrogens (tertiary/aromatic N) is 7. The molecule has 1 aliphatic carbocycles. The number of aliphatic hydroxyl groups excluding tert-OH is 1. The normalized spacial score (nSPS) is 32.1. The molecule has 10 rings (SSSR count). The van der Waals surface area contributed by atoms with Crippen LogP contribution in [0.3, 0.4) is 0 Å². The Kier molecular flexibility index (Phi) is 14.1. The molecule has 3 fully saturated rings. The standard InChI is InChI=1S/C43H55N5O7.C6H10N6O.H2O4S/c1-6-39(52)21-25-22-42(38(51)55-5,33-27(13-17-47(23-25)24-39)26-11-8-9-12-30(26)45-33)29-19-28-31(20-32(29)54-4)46(3)35-41(28)15-18-48-16-10-14-40(7-2,34(41)48)36(49)43(35,53)37(44)50;1-12(2)11-10-6-4(5(7)13)8-3-9-6;1-5(2,3)4/h8-12,14,19-20,25,34-36,45,49,52-53H,6-7,13,15-18,21-24H2,1-5H3,(H2,44,50);3H,1-2H3,(H2,7,13)(H,8,9);(H2,1,2,3,4)/t25-,34+,35-,36-,39+,40-,41-,42+,43+;;/m1../s1. The average Bonchev–Trinajstić information content (AvgIpc) is 4.13. The molecule has 1 saturated carbocycles. The fraction of sp³-hybridized carbons (Fsp3) is 0.551. The third-order valence-electron chi connectivity index (χ3n) is 16.4. The summed E-state index contributed by atoms with van der Waals surface area (Å²) >= 11 is 0. The molecule has 5 aliphatic heterocycles. The molecule has 1 spiro atoms. The Bertz CT molecular complexity index is 2960. The lowest BCUT2D eigenvalue weighted by Crippen LogP contribution is -2.81. The van der Waals surface area contributed by atoms with Crippen LogP contribution in [0, 0.1) is 11.3 Å². The van der Waals surface area contributed by atoms with Crippen molar-refractivity contribution in [3.63, 3.8) is 0 Å². The van der Waals surface area contributed by atoms with Gasteiger partial charge in [-0.05, 0) is 74.2 Å². The number of primary amides is 2. The molecule has 7 heterocycles. The zero-order chi connectivity index (χ0) is 53.2. The third-order valence-corrected chi connectivity index (χ3v) is 16.4. The predicted octanol–water partition coefficient (Wildman–Crippen LogP) is 2.15. The van der Waals surface area contributed by atoms with Crippen molar-refractivity contribution in [2.45, 2.75) is 92.6 Å². The minimum Gasteiger partial charge on any atom is -0.496 e. The molecule has 4 aromatic rings. The quantitative estimate of drug-likeness (QED) is 0.0381. The van der Waals surface area contributed by atoms with Gasteiger partial charge in [0, 0.05) is 98.1 Å². The number of anilines is 1. The molecule has 2 aromatic carbocycles. The second kappa shape index (κ2) is 19.4. The van der Waals surface area contributed by atoms with Crippen LogP contribution in [-0.4, -0.2) is 178 Å². The Hall–Kier alpha value is -5.99. The lowest BCUT2D eigenvalue weighted by Gasteiger charge is -2.63. The summed E-state index contributed by atoms with van der Waals surface area (Å²) in [6.45, 7) is 7.39. The number of imidazole rings is 1. The number of methoxy groups -OCH3 is 2. The van der Waals surface area contributed by atoms with Gasteiger partial charge in [0.25, 0.3) is 11.8 Å². The number of rotatable bonds is 9. The van der Waals surface area contributed by atoms with Crippen LogP contribution in [0.1, 0.15) is 78.8 Å². The van der Waals surface area contributed by atoms with Crippen molar-refractivity contribution in [3.8, 4) is 5.75 Å². The van der Waals surface area contributed by atoms with Crippen LogP contribution in [0.4, 0.5) is 11.5 Å². The summed E-state index contributed by atoms with van der Waals surface area (Å²) < 4.78 is 43.8. The van der Waals surface area contributed by atoms with Gasteiger partial charge in [-0.2, -0.15) is 8.42 Å². The van der Waals surface area contributed by atoms with E-state index in [-0.39, 0.29) is 23.5 Å². The number of carbonyl (C=O) groups is 3. The highest BCUT2D eigenvalue weighted by molar-refractivity contribution is 7.79. The first-order chi connectivity index (χ1) is 34.4. The number of H-pyrrole nitrogens is 2. The Balaban J connectivity index is 0.000000336. The van der Waals surface area contributed by atoms with Crippen molar-refractivity contribution in [2.24, 2.45) is 33.1 Å². The number of benzene rings is 2. The summed E-state index contributed by atoms with van der Waals surface area (Å²) in [6, 6.07) is 11.0. The van der Waals surface area contributed by atoms with E-state index < -0.39 is 67.8 Å². The molecule has 396 valence electrons. The minimum atomic E-state index is -4.67. The van der Waals surface area contributed by atoms with Gasteiger partial charge in [-0.1, -0.05) is 49.4 Å². The van der Waals surface area contributed by atoms with Gasteiger partial charge >= 0.3 is 16.4 Å². The molecular weight excluding hydrogens is 967 g/mol. The first-order valence-electron chi connectivity index (χ1n) is 24.2. The molecule has 1 unspecified atom stereocenters. The number of carbonyl (C=O) groups excluding carboxylic acids is 3. The van der Waals surface area contributed by atoms with Gasteiger partial charge in [0.2, 0.25) is 5.82 Å². The molecule has 2 bridgehead atoms. The van der Waals surface area contributed by atoms with Crippen LogP contribution < -0.4 is 21.1 Å². The first kappa shape index (κ1) is 53.3. The number of fused-ring (bicyclic) bond motifs is 6. The van der Waals surface area contributed by atoms with Crippen LogP contribution in [0.5, 0.6) is 5.75 Å². The van der Waals surface area contributed by atoms with E-state index in [2.05, 4.69) is 47.2 Å². The van der Waals surface area contributed by atoms with E-state index in [1.807, 2.05) is 62.2 Å². The number of para-hydroxylation sites is 1. The number of hydrogen-bond donors (Lipinski definition) is 9. The first-order valence-corrected chi connectivity index (χ1v) is 25.6. The van der Waals surface area contributed by atoms with E-state index in [4.69, 9.17) is 38.5 Å². The number of nitrogens with one attached hydrogen (secondary N) is 2. The summed E-state index contributed by atoms with van der Waals surface area (Å²) in [5, 5.41) is 46.8. The van der Waals surface area contributed by atoms with Crippen LogP contribution in [0.25, 0.3) is 10.9 Å². The van der Waals surface area contributed by atoms with Crippen LogP contribution in [0.2, 0.25) is 0 Å². The number of likely N-dealkylation sites (N-methyl/N-ethyl adjacent to an activating group) is 1. The molecule has 2 aromatic heterocycles. The number of hydrogen-bond acceptors (Lipinski definition) is 16. The molecule has 6 aliphatic rings. The van der Waals surface area contributed by atoms with E-state index in [1.54, 1.807) is 21.2 Å². The van der Waals surface area contributed by atoms with E-state index in [0.29, 0.717) is 69.5 Å². The summed E-state index contributed by atoms with van der Waals surface area (Å²) in [5.41, 5.74) is 9.92. The molecule has 73 heavy (non-hydrogen) atoms. The zero-order valence-corrected chi connectivity index (χ0v) is 42.9. The second-order valence-electron chi connectivity index (χ2n) is 20.4. The Morgan fingerprint density at radius 2 is 1.73 bits per heavy atom. The van der Waals surface area contributed by atoms with Gasteiger partial charge in [0.05, 0.1) is 32.2 Å². The van der Waals surface area contributed by atoms with Crippen LogP contribution in [-0.2, 0) is 42.0 Å². The summed E-state index contributed by atoms with van der Waals surface area (Å²) in [5.74, 6) is -1.41. The van der Waals surface area contributed by atoms with Crippen molar-refractivity contribution < 1.29 is 56.7 Å². The van der Waals surface area contributed by atoms with Gasteiger partial charge in [0.15, 0.2) is 11.3 Å². The maximum atomic E-state index is 15.2. The maximum Gasteiger partial charge on any atom is 0.394 e. The highest BCUT2D eigenvalue weighted by Crippen LogP contribution is 2.67. The number of esters is 1. The van der Waals surface area contributed by atoms with E-state index in [0.717, 1.165) is 46.5 Å². The molecule has 23 nitrogen and oxygen atoms in total. The lowest BCUT2D eigenvalue weighted by atomic mass is 9.47. The zero-order valence-electron chi connectivity index (χ0n) is 42.1. The average molecular weight is 1030 g/mol. The highest BCUT2D eigenvalue weighted by atomic mass is 32.3. The molecule has 24 heteroatoms. The number of nitrogens with two attached hydrogens (primary N) is 2. The van der Waals surface area contributed by atoms with Crippen molar-refractivity contribution in [2.75, 3.05) is 73.0 Å². The number of piperidine rings is 1. The topological polar surface area (TPSA) is 339 Å². The smallest absolute Gasteiger partial charge is 0.394 e. The Morgan fingerprint density at radius 3 is 2.36 bits per heavy atom. The number of amides is 2. The summed E-state index contributed by atoms with van der Waals surface area (Å²) in [6.07, 6.45) is 7.12.